The normalized spacial score (nSPS) is 10.5. The molecule has 0 aliphatic heterocycles. The molecule has 0 saturated carbocycles. The second-order valence-corrected chi connectivity index (χ2v) is 4.68. The summed E-state index contributed by atoms with van der Waals surface area (Å²) in [5.41, 5.74) is 1.41. The van der Waals surface area contributed by atoms with Gasteiger partial charge in [-0.3, -0.25) is 9.59 Å². The smallest absolute Gasteiger partial charge is 0.261 e. The van der Waals surface area contributed by atoms with Gasteiger partial charge in [0.05, 0.1) is 17.9 Å². The number of hydrogen-bond donors (Lipinski definition) is 0. The van der Waals surface area contributed by atoms with Gasteiger partial charge in [0, 0.05) is 18.7 Å². The monoisotopic (exact) mass is 291 g/mol. The maximum absolute atomic E-state index is 12.2. The molecule has 20 heavy (non-hydrogen) atoms. The molecule has 104 valence electrons. The van der Waals surface area contributed by atoms with Gasteiger partial charge >= 0.3 is 0 Å². The van der Waals surface area contributed by atoms with Gasteiger partial charge in [-0.1, -0.05) is 23.7 Å². The molecule has 1 heterocycles. The van der Waals surface area contributed by atoms with Crippen molar-refractivity contribution in [3.8, 4) is 11.3 Å². The Labute approximate surface area is 121 Å². The van der Waals surface area contributed by atoms with Crippen LogP contribution >= 0.6 is 11.6 Å². The van der Waals surface area contributed by atoms with Crippen LogP contribution in [-0.4, -0.2) is 24.6 Å². The molecule has 0 radical (unpaired) electrons. The molecule has 2 aromatic rings. The summed E-state index contributed by atoms with van der Waals surface area (Å²) in [6.07, 6.45) is 0.567. The van der Waals surface area contributed by atoms with Crippen LogP contribution in [0.2, 0.25) is 5.02 Å². The summed E-state index contributed by atoms with van der Waals surface area (Å²) >= 11 is 5.87. The molecular weight excluding hydrogens is 278 g/mol. The molecule has 0 aliphatic carbocycles. The minimum atomic E-state index is -0.315. The Balaban J connectivity index is 2.56. The van der Waals surface area contributed by atoms with E-state index in [0.29, 0.717) is 24.5 Å². The van der Waals surface area contributed by atoms with Crippen molar-refractivity contribution in [2.75, 3.05) is 13.7 Å². The number of halogens is 1. The lowest BCUT2D eigenvalue weighted by Crippen LogP contribution is -2.26. The van der Waals surface area contributed by atoms with E-state index in [9.17, 15) is 9.59 Å². The second-order valence-electron chi connectivity index (χ2n) is 4.25. The van der Waals surface area contributed by atoms with Gasteiger partial charge in [-0.2, -0.15) is 0 Å². The van der Waals surface area contributed by atoms with Gasteiger partial charge in [-0.25, -0.2) is 0 Å². The van der Waals surface area contributed by atoms with Gasteiger partial charge in [0.1, 0.15) is 0 Å². The van der Waals surface area contributed by atoms with Crippen molar-refractivity contribution >= 4 is 17.9 Å². The first kappa shape index (κ1) is 14.5. The third-order valence-electron chi connectivity index (χ3n) is 2.99. The van der Waals surface area contributed by atoms with Crippen LogP contribution in [0.25, 0.3) is 11.3 Å². The van der Waals surface area contributed by atoms with Gasteiger partial charge in [-0.15, -0.1) is 0 Å². The molecular formula is C15H14ClNO3. The van der Waals surface area contributed by atoms with E-state index < -0.39 is 0 Å². The van der Waals surface area contributed by atoms with E-state index >= 15 is 0 Å². The highest BCUT2D eigenvalue weighted by atomic mass is 35.5. The summed E-state index contributed by atoms with van der Waals surface area (Å²) < 4.78 is 6.55. The highest BCUT2D eigenvalue weighted by Gasteiger charge is 2.10. The van der Waals surface area contributed by atoms with Gasteiger partial charge in [0.25, 0.3) is 5.56 Å². The van der Waals surface area contributed by atoms with E-state index in [0.717, 1.165) is 11.3 Å². The zero-order valence-electron chi connectivity index (χ0n) is 11.0. The molecule has 0 amide bonds. The fraction of sp³-hybridized carbons (Fsp3) is 0.200. The lowest BCUT2D eigenvalue weighted by Gasteiger charge is -2.13. The molecule has 0 saturated heterocycles. The van der Waals surface area contributed by atoms with Crippen LogP contribution in [0.4, 0.5) is 0 Å². The summed E-state index contributed by atoms with van der Waals surface area (Å²) in [6, 6.07) is 10.5. The van der Waals surface area contributed by atoms with Crippen LogP contribution in [0.5, 0.6) is 0 Å². The maximum atomic E-state index is 12.2. The Kier molecular flexibility index (Phi) is 4.71. The Morgan fingerprint density at radius 3 is 2.50 bits per heavy atom. The summed E-state index contributed by atoms with van der Waals surface area (Å²) in [6.45, 7) is 0.776. The number of aldehydes is 1. The van der Waals surface area contributed by atoms with Crippen LogP contribution in [0.15, 0.2) is 41.2 Å². The standard InChI is InChI=1S/C15H14ClNO3/c1-20-9-8-17-14(7-4-12(10-18)15(17)19)11-2-5-13(16)6-3-11/h2-7,10H,8-9H2,1H3. The lowest BCUT2D eigenvalue weighted by molar-refractivity contribution is 0.112. The SMILES string of the molecule is COCCn1c(-c2ccc(Cl)cc2)ccc(C=O)c1=O. The van der Waals surface area contributed by atoms with Gasteiger partial charge < -0.3 is 9.30 Å². The topological polar surface area (TPSA) is 48.3 Å². The molecule has 0 unspecified atom stereocenters. The van der Waals surface area contributed by atoms with Crippen LogP contribution in [0, 0.1) is 0 Å². The average Bonchev–Trinajstić information content (AvgIpc) is 2.47. The number of hydrogen-bond acceptors (Lipinski definition) is 3. The molecule has 0 bridgehead atoms. The number of methoxy groups -OCH3 is 1. The third-order valence-corrected chi connectivity index (χ3v) is 3.24. The first-order valence-electron chi connectivity index (χ1n) is 6.11. The number of rotatable bonds is 5. The number of aromatic nitrogens is 1. The van der Waals surface area contributed by atoms with Crippen molar-refractivity contribution < 1.29 is 9.53 Å². The van der Waals surface area contributed by atoms with E-state index in [1.54, 1.807) is 25.3 Å². The van der Waals surface area contributed by atoms with E-state index in [2.05, 4.69) is 0 Å². The number of nitrogens with zero attached hydrogens (tertiary/aromatic N) is 1. The molecule has 0 aliphatic rings. The molecule has 0 atom stereocenters. The highest BCUT2D eigenvalue weighted by molar-refractivity contribution is 6.30. The van der Waals surface area contributed by atoms with Crippen molar-refractivity contribution in [3.63, 3.8) is 0 Å². The van der Waals surface area contributed by atoms with Crippen LogP contribution in [0.3, 0.4) is 0 Å². The number of benzene rings is 1. The van der Waals surface area contributed by atoms with Crippen molar-refractivity contribution in [3.05, 3.63) is 57.3 Å². The molecule has 5 heteroatoms. The van der Waals surface area contributed by atoms with Gasteiger partial charge in [-0.05, 0) is 29.8 Å². The first-order valence-corrected chi connectivity index (χ1v) is 6.49. The summed E-state index contributed by atoms with van der Waals surface area (Å²) in [5.74, 6) is 0. The van der Waals surface area contributed by atoms with E-state index in [1.807, 2.05) is 12.1 Å². The zero-order chi connectivity index (χ0) is 14.5. The lowest BCUT2D eigenvalue weighted by atomic mass is 10.1. The quantitative estimate of drug-likeness (QED) is 0.796. The van der Waals surface area contributed by atoms with E-state index in [-0.39, 0.29) is 11.1 Å². The number of pyridine rings is 1. The Morgan fingerprint density at radius 1 is 1.20 bits per heavy atom. The highest BCUT2D eigenvalue weighted by Crippen LogP contribution is 2.20. The fourth-order valence-corrected chi connectivity index (χ4v) is 2.09. The zero-order valence-corrected chi connectivity index (χ0v) is 11.8. The molecule has 2 rings (SSSR count). The number of ether oxygens (including phenoxy) is 1. The predicted octanol–water partition coefficient (Wildman–Crippen LogP) is 2.63. The van der Waals surface area contributed by atoms with E-state index in [4.69, 9.17) is 16.3 Å². The Hall–Kier alpha value is -1.91. The molecule has 4 nitrogen and oxygen atoms in total. The summed E-state index contributed by atoms with van der Waals surface area (Å²) in [5, 5.41) is 0.629. The molecule has 0 spiro atoms. The summed E-state index contributed by atoms with van der Waals surface area (Å²) in [7, 11) is 1.57. The van der Waals surface area contributed by atoms with Gasteiger partial charge in [0.2, 0.25) is 0 Å². The molecule has 0 fully saturated rings. The van der Waals surface area contributed by atoms with E-state index in [1.165, 1.54) is 10.6 Å². The van der Waals surface area contributed by atoms with Crippen molar-refractivity contribution in [1.82, 2.24) is 4.57 Å². The Bertz CT molecular complexity index is 662. The van der Waals surface area contributed by atoms with Crippen LogP contribution in [0.1, 0.15) is 10.4 Å². The number of carbonyl (C=O) groups excluding carboxylic acids is 1. The largest absolute Gasteiger partial charge is 0.383 e. The molecule has 0 N–H and O–H groups in total. The molecule has 1 aromatic heterocycles. The van der Waals surface area contributed by atoms with Crippen molar-refractivity contribution in [2.45, 2.75) is 6.54 Å². The van der Waals surface area contributed by atoms with Crippen LogP contribution < -0.4 is 5.56 Å². The van der Waals surface area contributed by atoms with Crippen LogP contribution in [-0.2, 0) is 11.3 Å². The first-order chi connectivity index (χ1) is 9.67. The van der Waals surface area contributed by atoms with Gasteiger partial charge in [0.15, 0.2) is 6.29 Å². The third kappa shape index (κ3) is 2.98. The minimum absolute atomic E-state index is 0.138. The van der Waals surface area contributed by atoms with Crippen molar-refractivity contribution in [1.29, 1.82) is 0 Å². The van der Waals surface area contributed by atoms with Crippen molar-refractivity contribution in [2.24, 2.45) is 0 Å². The second kappa shape index (κ2) is 6.50. The average molecular weight is 292 g/mol. The Morgan fingerprint density at radius 2 is 1.90 bits per heavy atom. The maximum Gasteiger partial charge on any atom is 0.261 e. The minimum Gasteiger partial charge on any atom is -0.383 e. The molecule has 1 aromatic carbocycles. The summed E-state index contributed by atoms with van der Waals surface area (Å²) in [4.78, 5) is 23.1. The predicted molar refractivity (Wildman–Crippen MR) is 78.4 cm³/mol. The fourth-order valence-electron chi connectivity index (χ4n) is 1.96. The number of carbonyl (C=O) groups is 1.